The number of nitrogens with one attached hydrogen (secondary N) is 2. The van der Waals surface area contributed by atoms with Crippen LogP contribution in [0.25, 0.3) is 0 Å². The summed E-state index contributed by atoms with van der Waals surface area (Å²) in [5, 5.41) is 23.3. The van der Waals surface area contributed by atoms with Crippen molar-refractivity contribution in [3.8, 4) is 0 Å². The molecule has 1 aliphatic rings. The Bertz CT molecular complexity index is 640. The van der Waals surface area contributed by atoms with Gasteiger partial charge in [-0.05, 0) is 25.2 Å². The molecule has 0 aliphatic carbocycles. The van der Waals surface area contributed by atoms with Crippen molar-refractivity contribution in [2.75, 3.05) is 13.1 Å². The summed E-state index contributed by atoms with van der Waals surface area (Å²) in [7, 11) is 0. The zero-order chi connectivity index (χ0) is 22.1. The molecule has 1 fully saturated rings. The number of hydrogen-bond donors (Lipinski definition) is 5. The summed E-state index contributed by atoms with van der Waals surface area (Å²) in [6.45, 7) is 3.48. The minimum atomic E-state index is -1.21. The first-order chi connectivity index (χ1) is 13.6. The van der Waals surface area contributed by atoms with Crippen molar-refractivity contribution < 1.29 is 34.2 Å². The Morgan fingerprint density at radius 1 is 1.17 bits per heavy atom. The van der Waals surface area contributed by atoms with Crippen molar-refractivity contribution in [3.63, 3.8) is 0 Å². The third-order valence-electron chi connectivity index (χ3n) is 5.08. The van der Waals surface area contributed by atoms with Crippen molar-refractivity contribution in [3.05, 3.63) is 0 Å². The molecule has 0 aromatic heterocycles. The molecule has 1 aliphatic heterocycles. The first-order valence-corrected chi connectivity index (χ1v) is 9.67. The zero-order valence-electron chi connectivity index (χ0n) is 16.7. The monoisotopic (exact) mass is 414 g/mol. The molecule has 1 saturated heterocycles. The van der Waals surface area contributed by atoms with Gasteiger partial charge in [0.05, 0.1) is 6.54 Å². The van der Waals surface area contributed by atoms with Crippen LogP contribution in [0.15, 0.2) is 0 Å². The minimum Gasteiger partial charge on any atom is -0.481 e. The molecule has 3 amide bonds. The first kappa shape index (κ1) is 24.3. The van der Waals surface area contributed by atoms with E-state index in [1.54, 1.807) is 6.92 Å². The Balaban J connectivity index is 3.01. The van der Waals surface area contributed by atoms with Gasteiger partial charge in [-0.15, -0.1) is 0 Å². The molecule has 11 nitrogen and oxygen atoms in total. The highest BCUT2D eigenvalue weighted by atomic mass is 16.4. The standard InChI is InChI=1S/C18H30N4O7/c1-3-10(2)15(21-13(23)9-19)16(26)20-11(6-7-14(24)25)17(27)22-8-4-5-12(22)18(28)29/h10-12,15H,3-9,19H2,1-2H3,(H,20,26)(H,21,23)(H,24,25)(H,28,29). The second-order valence-electron chi connectivity index (χ2n) is 7.16. The van der Waals surface area contributed by atoms with E-state index in [0.717, 1.165) is 4.90 Å². The summed E-state index contributed by atoms with van der Waals surface area (Å²) in [4.78, 5) is 60.9. The highest BCUT2D eigenvalue weighted by Crippen LogP contribution is 2.20. The molecular formula is C18H30N4O7. The number of rotatable bonds is 11. The quantitative estimate of drug-likeness (QED) is 0.283. The number of carbonyl (C=O) groups is 5. The van der Waals surface area contributed by atoms with Gasteiger partial charge in [-0.1, -0.05) is 20.3 Å². The topological polar surface area (TPSA) is 179 Å². The van der Waals surface area contributed by atoms with Crippen LogP contribution < -0.4 is 16.4 Å². The van der Waals surface area contributed by atoms with Gasteiger partial charge in [-0.2, -0.15) is 0 Å². The number of hydrogen-bond acceptors (Lipinski definition) is 6. The van der Waals surface area contributed by atoms with Crippen molar-refractivity contribution in [2.45, 2.75) is 64.1 Å². The molecule has 0 radical (unpaired) electrons. The smallest absolute Gasteiger partial charge is 0.326 e. The van der Waals surface area contributed by atoms with E-state index in [1.165, 1.54) is 0 Å². The Morgan fingerprint density at radius 3 is 2.34 bits per heavy atom. The predicted molar refractivity (Wildman–Crippen MR) is 102 cm³/mol. The van der Waals surface area contributed by atoms with Crippen molar-refractivity contribution in [1.82, 2.24) is 15.5 Å². The van der Waals surface area contributed by atoms with Crippen molar-refractivity contribution >= 4 is 29.7 Å². The molecule has 4 atom stereocenters. The number of carboxylic acid groups (broad SMARTS) is 2. The van der Waals surface area contributed by atoms with Crippen LogP contribution in [0.1, 0.15) is 46.0 Å². The third-order valence-corrected chi connectivity index (χ3v) is 5.08. The van der Waals surface area contributed by atoms with Crippen molar-refractivity contribution in [2.24, 2.45) is 11.7 Å². The van der Waals surface area contributed by atoms with E-state index >= 15 is 0 Å². The summed E-state index contributed by atoms with van der Waals surface area (Å²) in [6.07, 6.45) is 0.781. The molecule has 164 valence electrons. The van der Waals surface area contributed by atoms with E-state index in [0.29, 0.717) is 19.3 Å². The van der Waals surface area contributed by atoms with Crippen LogP contribution in [-0.4, -0.2) is 76.0 Å². The summed E-state index contributed by atoms with van der Waals surface area (Å²) in [5.74, 6) is -4.38. The van der Waals surface area contributed by atoms with Gasteiger partial charge in [0.25, 0.3) is 0 Å². The van der Waals surface area contributed by atoms with Crippen LogP contribution >= 0.6 is 0 Å². The fraction of sp³-hybridized carbons (Fsp3) is 0.722. The molecule has 0 aromatic rings. The lowest BCUT2D eigenvalue weighted by atomic mass is 9.97. The Labute approximate surface area is 169 Å². The largest absolute Gasteiger partial charge is 0.481 e. The van der Waals surface area contributed by atoms with Crippen LogP contribution in [-0.2, 0) is 24.0 Å². The van der Waals surface area contributed by atoms with Gasteiger partial charge >= 0.3 is 11.9 Å². The average Bonchev–Trinajstić information content (AvgIpc) is 3.17. The van der Waals surface area contributed by atoms with Crippen LogP contribution in [0, 0.1) is 5.92 Å². The Kier molecular flexibility index (Phi) is 9.53. The summed E-state index contributed by atoms with van der Waals surface area (Å²) >= 11 is 0. The number of amides is 3. The van der Waals surface area contributed by atoms with Gasteiger partial charge in [0.15, 0.2) is 0 Å². The molecule has 0 bridgehead atoms. The highest BCUT2D eigenvalue weighted by Gasteiger charge is 2.38. The second-order valence-corrected chi connectivity index (χ2v) is 7.16. The van der Waals surface area contributed by atoms with Crippen LogP contribution in [0.3, 0.4) is 0 Å². The summed E-state index contributed by atoms with van der Waals surface area (Å²) in [5.41, 5.74) is 5.29. The fourth-order valence-corrected chi connectivity index (χ4v) is 3.21. The van der Waals surface area contributed by atoms with Crippen molar-refractivity contribution in [1.29, 1.82) is 0 Å². The Hall–Kier alpha value is -2.69. The molecule has 29 heavy (non-hydrogen) atoms. The molecule has 1 rings (SSSR count). The molecule has 0 spiro atoms. The van der Waals surface area contributed by atoms with Crippen LogP contribution in [0.5, 0.6) is 0 Å². The molecule has 11 heteroatoms. The fourth-order valence-electron chi connectivity index (χ4n) is 3.21. The second kappa shape index (κ2) is 11.3. The lowest BCUT2D eigenvalue weighted by Crippen LogP contribution is -2.57. The number of carbonyl (C=O) groups excluding carboxylic acids is 3. The number of aliphatic carboxylic acids is 2. The maximum atomic E-state index is 12.9. The highest BCUT2D eigenvalue weighted by molar-refractivity contribution is 5.94. The summed E-state index contributed by atoms with van der Waals surface area (Å²) in [6, 6.07) is -3.17. The Morgan fingerprint density at radius 2 is 1.83 bits per heavy atom. The van der Waals surface area contributed by atoms with Crippen LogP contribution in [0.4, 0.5) is 0 Å². The number of likely N-dealkylation sites (tertiary alicyclic amines) is 1. The molecule has 0 aromatic carbocycles. The SMILES string of the molecule is CCC(C)C(NC(=O)CN)C(=O)NC(CCC(=O)O)C(=O)N1CCCC1C(=O)O. The van der Waals surface area contributed by atoms with E-state index in [9.17, 15) is 29.1 Å². The number of carboxylic acids is 2. The summed E-state index contributed by atoms with van der Waals surface area (Å²) < 4.78 is 0. The lowest BCUT2D eigenvalue weighted by Gasteiger charge is -2.29. The maximum absolute atomic E-state index is 12.9. The predicted octanol–water partition coefficient (Wildman–Crippen LogP) is -1.10. The van der Waals surface area contributed by atoms with Gasteiger partial charge in [-0.3, -0.25) is 19.2 Å². The first-order valence-electron chi connectivity index (χ1n) is 9.67. The zero-order valence-corrected chi connectivity index (χ0v) is 16.7. The van der Waals surface area contributed by atoms with Gasteiger partial charge in [0.2, 0.25) is 17.7 Å². The van der Waals surface area contributed by atoms with E-state index < -0.39 is 47.8 Å². The lowest BCUT2D eigenvalue weighted by molar-refractivity contribution is -0.150. The van der Waals surface area contributed by atoms with E-state index in [1.807, 2.05) is 6.92 Å². The van der Waals surface area contributed by atoms with E-state index in [4.69, 9.17) is 10.8 Å². The number of nitrogens with two attached hydrogens (primary N) is 1. The van der Waals surface area contributed by atoms with E-state index in [2.05, 4.69) is 10.6 Å². The van der Waals surface area contributed by atoms with Crippen LogP contribution in [0.2, 0.25) is 0 Å². The molecule has 4 unspecified atom stereocenters. The molecular weight excluding hydrogens is 384 g/mol. The minimum absolute atomic E-state index is 0.194. The van der Waals surface area contributed by atoms with Gasteiger partial charge in [0.1, 0.15) is 18.1 Å². The molecule has 6 N–H and O–H groups in total. The van der Waals surface area contributed by atoms with E-state index in [-0.39, 0.29) is 31.8 Å². The maximum Gasteiger partial charge on any atom is 0.326 e. The van der Waals surface area contributed by atoms with Gasteiger partial charge in [-0.25, -0.2) is 4.79 Å². The van der Waals surface area contributed by atoms with Gasteiger partial charge in [0, 0.05) is 13.0 Å². The number of nitrogens with zero attached hydrogens (tertiary/aromatic N) is 1. The molecule has 1 heterocycles. The van der Waals surface area contributed by atoms with Gasteiger partial charge < -0.3 is 31.5 Å². The normalized spacial score (nSPS) is 19.1. The average molecular weight is 414 g/mol. The third kappa shape index (κ3) is 7.00. The molecule has 0 saturated carbocycles.